The summed E-state index contributed by atoms with van der Waals surface area (Å²) in [5.74, 6) is 1.52. The van der Waals surface area contributed by atoms with Crippen molar-refractivity contribution in [2.24, 2.45) is 0 Å². The van der Waals surface area contributed by atoms with Crippen LogP contribution in [0.4, 0.5) is 0 Å². The smallest absolute Gasteiger partial charge is 0.133 e. The van der Waals surface area contributed by atoms with E-state index in [1.165, 1.54) is 11.1 Å². The van der Waals surface area contributed by atoms with Gasteiger partial charge in [-0.1, -0.05) is 6.07 Å². The first kappa shape index (κ1) is 14.2. The van der Waals surface area contributed by atoms with Crippen LogP contribution in [0.1, 0.15) is 29.4 Å². The van der Waals surface area contributed by atoms with Crippen molar-refractivity contribution in [3.63, 3.8) is 0 Å². The van der Waals surface area contributed by atoms with E-state index in [0.29, 0.717) is 18.3 Å². The Bertz CT molecular complexity index is 580. The zero-order valence-corrected chi connectivity index (χ0v) is 12.2. The Balaban J connectivity index is 1.58. The van der Waals surface area contributed by atoms with Gasteiger partial charge in [0, 0.05) is 12.6 Å². The highest BCUT2D eigenvalue weighted by Gasteiger charge is 2.20. The molecule has 0 bridgehead atoms. The lowest BCUT2D eigenvalue weighted by atomic mass is 9.88. The summed E-state index contributed by atoms with van der Waals surface area (Å²) in [5, 5.41) is 13.5. The first-order chi connectivity index (χ1) is 10.3. The molecule has 0 radical (unpaired) electrons. The van der Waals surface area contributed by atoms with Crippen LogP contribution in [0.2, 0.25) is 0 Å². The minimum atomic E-state index is -0.591. The Morgan fingerprint density at radius 3 is 3.05 bits per heavy atom. The largest absolute Gasteiger partial charge is 0.497 e. The summed E-state index contributed by atoms with van der Waals surface area (Å²) >= 11 is 0. The van der Waals surface area contributed by atoms with E-state index in [4.69, 9.17) is 9.15 Å². The van der Waals surface area contributed by atoms with Crippen molar-refractivity contribution in [1.82, 2.24) is 5.32 Å². The number of furan rings is 1. The van der Waals surface area contributed by atoms with E-state index >= 15 is 0 Å². The van der Waals surface area contributed by atoms with Gasteiger partial charge in [0.05, 0.1) is 13.4 Å². The molecule has 2 N–H and O–H groups in total. The number of aryl methyl sites for hydroxylation is 1. The molecule has 1 aromatic heterocycles. The second-order valence-electron chi connectivity index (χ2n) is 5.51. The first-order valence-electron chi connectivity index (χ1n) is 7.37. The van der Waals surface area contributed by atoms with Crippen LogP contribution < -0.4 is 10.1 Å². The molecule has 4 heteroatoms. The molecule has 0 amide bonds. The molecule has 2 atom stereocenters. The number of nitrogens with one attached hydrogen (secondary N) is 1. The Kier molecular flexibility index (Phi) is 4.27. The first-order valence-corrected chi connectivity index (χ1v) is 7.37. The maximum Gasteiger partial charge on any atom is 0.133 e. The molecule has 3 rings (SSSR count). The summed E-state index contributed by atoms with van der Waals surface area (Å²) in [6, 6.07) is 10.3. The number of aliphatic hydroxyl groups is 1. The molecular formula is C17H21NO3. The zero-order chi connectivity index (χ0) is 14.7. The molecule has 1 aliphatic carbocycles. The molecule has 1 aromatic carbocycles. The summed E-state index contributed by atoms with van der Waals surface area (Å²) in [5.41, 5.74) is 2.74. The number of rotatable bonds is 5. The summed E-state index contributed by atoms with van der Waals surface area (Å²) in [7, 11) is 1.69. The van der Waals surface area contributed by atoms with Crippen molar-refractivity contribution >= 4 is 0 Å². The molecule has 0 saturated heterocycles. The quantitative estimate of drug-likeness (QED) is 0.887. The fraction of sp³-hybridized carbons (Fsp3) is 0.412. The number of methoxy groups -OCH3 is 1. The number of hydrogen-bond donors (Lipinski definition) is 2. The van der Waals surface area contributed by atoms with Gasteiger partial charge in [-0.15, -0.1) is 0 Å². The van der Waals surface area contributed by atoms with Gasteiger partial charge in [0.2, 0.25) is 0 Å². The van der Waals surface area contributed by atoms with E-state index < -0.39 is 6.10 Å². The minimum Gasteiger partial charge on any atom is -0.497 e. The standard InChI is InChI=1S/C17H21NO3/c1-20-15-7-5-12-4-6-14(9-13(12)10-15)18-11-16(19)17-3-2-8-21-17/h2-3,5,7-8,10,14,16,18-19H,4,6,9,11H2,1H3/t14-,16+/m1/s1. The van der Waals surface area contributed by atoms with Crippen molar-refractivity contribution in [2.45, 2.75) is 31.4 Å². The fourth-order valence-corrected chi connectivity index (χ4v) is 2.89. The van der Waals surface area contributed by atoms with Crippen molar-refractivity contribution in [3.8, 4) is 5.75 Å². The Morgan fingerprint density at radius 1 is 1.38 bits per heavy atom. The van der Waals surface area contributed by atoms with Gasteiger partial charge in [0.1, 0.15) is 17.6 Å². The molecule has 4 nitrogen and oxygen atoms in total. The number of aliphatic hydroxyl groups excluding tert-OH is 1. The van der Waals surface area contributed by atoms with Gasteiger partial charge in [-0.25, -0.2) is 0 Å². The fourth-order valence-electron chi connectivity index (χ4n) is 2.89. The number of hydrogen-bond acceptors (Lipinski definition) is 4. The summed E-state index contributed by atoms with van der Waals surface area (Å²) in [6.45, 7) is 0.511. The van der Waals surface area contributed by atoms with E-state index in [9.17, 15) is 5.11 Å². The molecule has 1 heterocycles. The molecule has 1 aliphatic rings. The van der Waals surface area contributed by atoms with E-state index in [2.05, 4.69) is 17.4 Å². The van der Waals surface area contributed by atoms with Gasteiger partial charge in [-0.3, -0.25) is 0 Å². The summed E-state index contributed by atoms with van der Waals surface area (Å²) < 4.78 is 10.5. The highest BCUT2D eigenvalue weighted by molar-refractivity contribution is 5.37. The van der Waals surface area contributed by atoms with Gasteiger partial charge in [-0.05, 0) is 54.7 Å². The Labute approximate surface area is 124 Å². The number of benzene rings is 1. The maximum absolute atomic E-state index is 10.0. The molecule has 0 spiro atoms. The normalized spacial score (nSPS) is 19.0. The van der Waals surface area contributed by atoms with Crippen LogP contribution in [-0.2, 0) is 12.8 Å². The third-order valence-corrected chi connectivity index (χ3v) is 4.11. The van der Waals surface area contributed by atoms with Crippen molar-refractivity contribution in [2.75, 3.05) is 13.7 Å². The van der Waals surface area contributed by atoms with E-state index in [-0.39, 0.29) is 0 Å². The zero-order valence-electron chi connectivity index (χ0n) is 12.2. The van der Waals surface area contributed by atoms with Crippen LogP contribution in [0.5, 0.6) is 5.75 Å². The Hall–Kier alpha value is -1.78. The van der Waals surface area contributed by atoms with Crippen LogP contribution in [0.3, 0.4) is 0 Å². The third-order valence-electron chi connectivity index (χ3n) is 4.11. The van der Waals surface area contributed by atoms with Gasteiger partial charge < -0.3 is 19.6 Å². The van der Waals surface area contributed by atoms with Gasteiger partial charge in [0.25, 0.3) is 0 Å². The molecule has 2 aromatic rings. The average molecular weight is 287 g/mol. The van der Waals surface area contributed by atoms with Crippen LogP contribution in [0, 0.1) is 0 Å². The molecule has 112 valence electrons. The van der Waals surface area contributed by atoms with Crippen LogP contribution in [0.25, 0.3) is 0 Å². The number of fused-ring (bicyclic) bond motifs is 1. The predicted octanol–water partition coefficient (Wildman–Crippen LogP) is 2.47. The predicted molar refractivity (Wildman–Crippen MR) is 80.5 cm³/mol. The SMILES string of the molecule is COc1ccc2c(c1)C[C@H](NC[C@H](O)c1ccco1)CC2. The average Bonchev–Trinajstić information content (AvgIpc) is 3.06. The summed E-state index contributed by atoms with van der Waals surface area (Å²) in [4.78, 5) is 0. The number of ether oxygens (including phenoxy) is 1. The van der Waals surface area contributed by atoms with Crippen molar-refractivity contribution in [3.05, 3.63) is 53.5 Å². The molecule has 21 heavy (non-hydrogen) atoms. The maximum atomic E-state index is 10.0. The molecule has 0 aliphatic heterocycles. The lowest BCUT2D eigenvalue weighted by Crippen LogP contribution is -2.37. The van der Waals surface area contributed by atoms with E-state index in [0.717, 1.165) is 25.0 Å². The van der Waals surface area contributed by atoms with E-state index in [1.807, 2.05) is 6.07 Å². The van der Waals surface area contributed by atoms with Gasteiger partial charge in [0.15, 0.2) is 0 Å². The van der Waals surface area contributed by atoms with Crippen molar-refractivity contribution < 1.29 is 14.3 Å². The topological polar surface area (TPSA) is 54.6 Å². The van der Waals surface area contributed by atoms with Crippen LogP contribution in [-0.4, -0.2) is 24.8 Å². The highest BCUT2D eigenvalue weighted by Crippen LogP contribution is 2.25. The highest BCUT2D eigenvalue weighted by atomic mass is 16.5. The van der Waals surface area contributed by atoms with Gasteiger partial charge in [-0.2, -0.15) is 0 Å². The van der Waals surface area contributed by atoms with Crippen molar-refractivity contribution in [1.29, 1.82) is 0 Å². The Morgan fingerprint density at radius 2 is 2.29 bits per heavy atom. The van der Waals surface area contributed by atoms with E-state index in [1.54, 1.807) is 25.5 Å². The van der Waals surface area contributed by atoms with Crippen LogP contribution >= 0.6 is 0 Å². The van der Waals surface area contributed by atoms with Crippen LogP contribution in [0.15, 0.2) is 41.0 Å². The second kappa shape index (κ2) is 6.33. The molecule has 0 unspecified atom stereocenters. The summed E-state index contributed by atoms with van der Waals surface area (Å²) in [6.07, 6.45) is 4.11. The lowest BCUT2D eigenvalue weighted by molar-refractivity contribution is 0.142. The lowest BCUT2D eigenvalue weighted by Gasteiger charge is -2.26. The van der Waals surface area contributed by atoms with Gasteiger partial charge >= 0.3 is 0 Å². The third kappa shape index (κ3) is 3.28. The molecular weight excluding hydrogens is 266 g/mol. The molecule has 0 fully saturated rings. The molecule has 0 saturated carbocycles. The second-order valence-corrected chi connectivity index (χ2v) is 5.51. The monoisotopic (exact) mass is 287 g/mol. The minimum absolute atomic E-state index is 0.384.